The summed E-state index contributed by atoms with van der Waals surface area (Å²) in [4.78, 5) is 4.26. The van der Waals surface area contributed by atoms with Crippen LogP contribution in [0.15, 0.2) is 0 Å². The molecule has 14 heavy (non-hydrogen) atoms. The molecule has 4 heteroatoms. The maximum absolute atomic E-state index is 9.25. The first-order valence-electron chi connectivity index (χ1n) is 5.35. The van der Waals surface area contributed by atoms with E-state index < -0.39 is 6.10 Å². The number of aromatic nitrogens is 3. The summed E-state index contributed by atoms with van der Waals surface area (Å²) in [6.07, 6.45) is 5.74. The van der Waals surface area contributed by atoms with Crippen molar-refractivity contribution in [2.75, 3.05) is 0 Å². The maximum atomic E-state index is 9.25. The molecule has 1 aromatic rings. The molecule has 4 nitrogen and oxygen atoms in total. The molecule has 0 aliphatic heterocycles. The SMILES string of the molecule is CC(O)c1n[nH]c(CC2CCCC2)n1. The van der Waals surface area contributed by atoms with Crippen LogP contribution in [0.1, 0.15) is 50.4 Å². The molecule has 2 rings (SSSR count). The van der Waals surface area contributed by atoms with Gasteiger partial charge in [-0.2, -0.15) is 5.10 Å². The van der Waals surface area contributed by atoms with Crippen LogP contribution >= 0.6 is 0 Å². The number of hydrogen-bond donors (Lipinski definition) is 2. The van der Waals surface area contributed by atoms with Crippen molar-refractivity contribution in [3.8, 4) is 0 Å². The Balaban J connectivity index is 1.95. The summed E-state index contributed by atoms with van der Waals surface area (Å²) >= 11 is 0. The third-order valence-corrected chi connectivity index (χ3v) is 2.88. The lowest BCUT2D eigenvalue weighted by Crippen LogP contribution is -2.01. The van der Waals surface area contributed by atoms with Crippen LogP contribution in [0.5, 0.6) is 0 Å². The quantitative estimate of drug-likeness (QED) is 0.770. The third-order valence-electron chi connectivity index (χ3n) is 2.88. The standard InChI is InChI=1S/C10H17N3O/c1-7(14)10-11-9(12-13-10)6-8-4-2-3-5-8/h7-8,14H,2-6H2,1H3,(H,11,12,13). The van der Waals surface area contributed by atoms with E-state index in [1.807, 2.05) is 0 Å². The van der Waals surface area contributed by atoms with Gasteiger partial charge in [-0.05, 0) is 12.8 Å². The Bertz CT molecular complexity index is 289. The Morgan fingerprint density at radius 3 is 2.79 bits per heavy atom. The fourth-order valence-corrected chi connectivity index (χ4v) is 2.08. The van der Waals surface area contributed by atoms with Gasteiger partial charge in [-0.15, -0.1) is 0 Å². The fraction of sp³-hybridized carbons (Fsp3) is 0.800. The molecule has 1 aliphatic rings. The first-order valence-corrected chi connectivity index (χ1v) is 5.35. The van der Waals surface area contributed by atoms with Crippen LogP contribution in [0, 0.1) is 5.92 Å². The van der Waals surface area contributed by atoms with Crippen molar-refractivity contribution in [3.05, 3.63) is 11.6 Å². The van der Waals surface area contributed by atoms with E-state index in [0.717, 1.165) is 18.2 Å². The second-order valence-corrected chi connectivity index (χ2v) is 4.17. The highest BCUT2D eigenvalue weighted by molar-refractivity contribution is 4.94. The van der Waals surface area contributed by atoms with E-state index in [4.69, 9.17) is 0 Å². The summed E-state index contributed by atoms with van der Waals surface area (Å²) in [5.74, 6) is 2.20. The van der Waals surface area contributed by atoms with Crippen molar-refractivity contribution >= 4 is 0 Å². The minimum Gasteiger partial charge on any atom is -0.385 e. The second kappa shape index (κ2) is 4.09. The van der Waals surface area contributed by atoms with E-state index in [0.29, 0.717) is 5.82 Å². The molecule has 78 valence electrons. The number of aliphatic hydroxyl groups is 1. The van der Waals surface area contributed by atoms with Gasteiger partial charge in [0.1, 0.15) is 11.9 Å². The summed E-state index contributed by atoms with van der Waals surface area (Å²) < 4.78 is 0. The van der Waals surface area contributed by atoms with Gasteiger partial charge in [-0.25, -0.2) is 4.98 Å². The van der Waals surface area contributed by atoms with Gasteiger partial charge < -0.3 is 5.11 Å². The van der Waals surface area contributed by atoms with Crippen molar-refractivity contribution in [1.29, 1.82) is 0 Å². The van der Waals surface area contributed by atoms with Crippen molar-refractivity contribution in [2.45, 2.75) is 45.1 Å². The van der Waals surface area contributed by atoms with Crippen LogP contribution in [0.2, 0.25) is 0 Å². The Kier molecular flexibility index (Phi) is 2.82. The lowest BCUT2D eigenvalue weighted by Gasteiger charge is -2.04. The Hall–Kier alpha value is -0.900. The molecule has 0 spiro atoms. The predicted octanol–water partition coefficient (Wildman–Crippen LogP) is 1.59. The molecule has 1 saturated carbocycles. The molecular weight excluding hydrogens is 178 g/mol. The van der Waals surface area contributed by atoms with Crippen LogP contribution in [0.4, 0.5) is 0 Å². The van der Waals surface area contributed by atoms with E-state index in [-0.39, 0.29) is 0 Å². The highest BCUT2D eigenvalue weighted by Gasteiger charge is 2.17. The molecule has 1 heterocycles. The average molecular weight is 195 g/mol. The molecule has 1 fully saturated rings. The Morgan fingerprint density at radius 1 is 1.50 bits per heavy atom. The van der Waals surface area contributed by atoms with Gasteiger partial charge in [0.05, 0.1) is 0 Å². The van der Waals surface area contributed by atoms with Gasteiger partial charge in [-0.1, -0.05) is 25.7 Å². The average Bonchev–Trinajstić information content (AvgIpc) is 2.75. The van der Waals surface area contributed by atoms with Crippen LogP contribution in [0.25, 0.3) is 0 Å². The highest BCUT2D eigenvalue weighted by Crippen LogP contribution is 2.27. The summed E-state index contributed by atoms with van der Waals surface area (Å²) in [6, 6.07) is 0. The molecular formula is C10H17N3O. The van der Waals surface area contributed by atoms with Gasteiger partial charge in [0.15, 0.2) is 5.82 Å². The third kappa shape index (κ3) is 2.12. The monoisotopic (exact) mass is 195 g/mol. The molecule has 2 N–H and O–H groups in total. The Morgan fingerprint density at radius 2 is 2.21 bits per heavy atom. The maximum Gasteiger partial charge on any atom is 0.178 e. The number of nitrogens with zero attached hydrogens (tertiary/aromatic N) is 2. The number of aromatic amines is 1. The zero-order valence-electron chi connectivity index (χ0n) is 8.53. The summed E-state index contributed by atoms with van der Waals surface area (Å²) in [7, 11) is 0. The predicted molar refractivity (Wildman–Crippen MR) is 52.7 cm³/mol. The molecule has 0 radical (unpaired) electrons. The molecule has 0 aromatic carbocycles. The lowest BCUT2D eigenvalue weighted by atomic mass is 10.0. The van der Waals surface area contributed by atoms with Crippen molar-refractivity contribution < 1.29 is 5.11 Å². The smallest absolute Gasteiger partial charge is 0.178 e. The molecule has 0 saturated heterocycles. The zero-order valence-corrected chi connectivity index (χ0v) is 8.53. The van der Waals surface area contributed by atoms with E-state index in [2.05, 4.69) is 15.2 Å². The molecule has 0 bridgehead atoms. The molecule has 1 aromatic heterocycles. The molecule has 1 unspecified atom stereocenters. The molecule has 1 aliphatic carbocycles. The van der Waals surface area contributed by atoms with E-state index in [9.17, 15) is 5.11 Å². The van der Waals surface area contributed by atoms with Crippen LogP contribution in [-0.4, -0.2) is 20.3 Å². The van der Waals surface area contributed by atoms with Crippen molar-refractivity contribution in [1.82, 2.24) is 15.2 Å². The largest absolute Gasteiger partial charge is 0.385 e. The summed E-state index contributed by atoms with van der Waals surface area (Å²) in [5.41, 5.74) is 0. The van der Waals surface area contributed by atoms with Crippen molar-refractivity contribution in [3.63, 3.8) is 0 Å². The van der Waals surface area contributed by atoms with E-state index in [1.54, 1.807) is 6.92 Å². The van der Waals surface area contributed by atoms with E-state index in [1.165, 1.54) is 25.7 Å². The second-order valence-electron chi connectivity index (χ2n) is 4.17. The summed E-state index contributed by atoms with van der Waals surface area (Å²) in [6.45, 7) is 1.68. The minimum atomic E-state index is -0.566. The highest BCUT2D eigenvalue weighted by atomic mass is 16.3. The van der Waals surface area contributed by atoms with Gasteiger partial charge in [0, 0.05) is 6.42 Å². The minimum absolute atomic E-state index is 0.512. The topological polar surface area (TPSA) is 61.8 Å². The Labute approximate surface area is 83.8 Å². The zero-order chi connectivity index (χ0) is 9.97. The number of rotatable bonds is 3. The summed E-state index contributed by atoms with van der Waals surface area (Å²) in [5, 5.41) is 16.1. The van der Waals surface area contributed by atoms with Gasteiger partial charge in [0.2, 0.25) is 0 Å². The normalized spacial score (nSPS) is 20.1. The van der Waals surface area contributed by atoms with Crippen LogP contribution < -0.4 is 0 Å². The number of aliphatic hydroxyl groups excluding tert-OH is 1. The number of H-pyrrole nitrogens is 1. The van der Waals surface area contributed by atoms with Gasteiger partial charge >= 0.3 is 0 Å². The van der Waals surface area contributed by atoms with Gasteiger partial charge in [-0.3, -0.25) is 5.10 Å². The molecule has 0 amide bonds. The van der Waals surface area contributed by atoms with Crippen LogP contribution in [0.3, 0.4) is 0 Å². The van der Waals surface area contributed by atoms with Crippen LogP contribution in [-0.2, 0) is 6.42 Å². The van der Waals surface area contributed by atoms with E-state index >= 15 is 0 Å². The van der Waals surface area contributed by atoms with Crippen molar-refractivity contribution in [2.24, 2.45) is 5.92 Å². The lowest BCUT2D eigenvalue weighted by molar-refractivity contribution is 0.189. The fourth-order valence-electron chi connectivity index (χ4n) is 2.08. The first-order chi connectivity index (χ1) is 6.75. The van der Waals surface area contributed by atoms with Gasteiger partial charge in [0.25, 0.3) is 0 Å². The number of nitrogens with one attached hydrogen (secondary N) is 1. The number of hydrogen-bond acceptors (Lipinski definition) is 3. The molecule has 1 atom stereocenters. The first kappa shape index (κ1) is 9.65.